The van der Waals surface area contributed by atoms with E-state index in [1.54, 1.807) is 24.3 Å². The minimum absolute atomic E-state index is 0.147. The highest BCUT2D eigenvalue weighted by Crippen LogP contribution is 2.22. The summed E-state index contributed by atoms with van der Waals surface area (Å²) in [6, 6.07) is 14.9. The first-order chi connectivity index (χ1) is 11.5. The largest absolute Gasteiger partial charge is 0.441 e. The maximum atomic E-state index is 12.2. The molecule has 2 aromatic carbocycles. The van der Waals surface area contributed by atoms with E-state index in [9.17, 15) is 4.79 Å². The van der Waals surface area contributed by atoms with Crippen molar-refractivity contribution < 1.29 is 9.21 Å². The van der Waals surface area contributed by atoms with Crippen LogP contribution in [0.1, 0.15) is 17.0 Å². The van der Waals surface area contributed by atoms with Crippen LogP contribution < -0.4 is 11.1 Å². The number of rotatable bonds is 4. The second-order valence-corrected chi connectivity index (χ2v) is 5.73. The molecule has 3 aromatic rings. The van der Waals surface area contributed by atoms with E-state index < -0.39 is 0 Å². The Kier molecular flexibility index (Phi) is 4.33. The monoisotopic (exact) mass is 321 g/mol. The van der Waals surface area contributed by atoms with Crippen molar-refractivity contribution in [3.05, 3.63) is 65.5 Å². The molecule has 5 heteroatoms. The zero-order chi connectivity index (χ0) is 17.1. The molecule has 5 nitrogen and oxygen atoms in total. The van der Waals surface area contributed by atoms with Gasteiger partial charge < -0.3 is 15.5 Å². The number of nitrogens with zero attached hydrogens (tertiary/aromatic N) is 1. The van der Waals surface area contributed by atoms with Crippen molar-refractivity contribution >= 4 is 17.3 Å². The van der Waals surface area contributed by atoms with Crippen LogP contribution in [0, 0.1) is 13.8 Å². The fraction of sp³-hybridized carbons (Fsp3) is 0.158. The Morgan fingerprint density at radius 1 is 1.08 bits per heavy atom. The predicted molar refractivity (Wildman–Crippen MR) is 94.6 cm³/mol. The summed E-state index contributed by atoms with van der Waals surface area (Å²) in [7, 11) is 0. The Hall–Kier alpha value is -3.08. The van der Waals surface area contributed by atoms with Gasteiger partial charge in [0.15, 0.2) is 0 Å². The number of anilines is 2. The van der Waals surface area contributed by atoms with Crippen LogP contribution in [0.5, 0.6) is 0 Å². The Balaban J connectivity index is 1.72. The highest BCUT2D eigenvalue weighted by Gasteiger charge is 2.14. The summed E-state index contributed by atoms with van der Waals surface area (Å²) in [6.45, 7) is 3.84. The van der Waals surface area contributed by atoms with E-state index in [1.807, 2.05) is 38.1 Å². The minimum Gasteiger partial charge on any atom is -0.441 e. The molecule has 0 radical (unpaired) electrons. The number of oxazole rings is 1. The highest BCUT2D eigenvalue weighted by molar-refractivity contribution is 5.92. The van der Waals surface area contributed by atoms with E-state index in [-0.39, 0.29) is 12.3 Å². The maximum absolute atomic E-state index is 12.2. The van der Waals surface area contributed by atoms with Crippen LogP contribution in [0.2, 0.25) is 0 Å². The quantitative estimate of drug-likeness (QED) is 0.718. The van der Waals surface area contributed by atoms with Gasteiger partial charge in [-0.1, -0.05) is 17.7 Å². The molecule has 0 unspecified atom stereocenters. The molecule has 0 aliphatic carbocycles. The number of carbonyl (C=O) groups excluding carboxylic acids is 1. The second kappa shape index (κ2) is 6.58. The van der Waals surface area contributed by atoms with Gasteiger partial charge in [-0.05, 0) is 50.2 Å². The van der Waals surface area contributed by atoms with Crippen LogP contribution in [0.25, 0.3) is 11.5 Å². The number of nitrogens with one attached hydrogen (secondary N) is 1. The molecule has 1 amide bonds. The molecule has 24 heavy (non-hydrogen) atoms. The SMILES string of the molecule is Cc1ccc(-c2nc(CC(=O)Nc3ccc(N)cc3)c(C)o2)cc1. The average Bonchev–Trinajstić information content (AvgIpc) is 2.91. The summed E-state index contributed by atoms with van der Waals surface area (Å²) < 4.78 is 5.70. The van der Waals surface area contributed by atoms with Crippen molar-refractivity contribution in [3.63, 3.8) is 0 Å². The number of carbonyl (C=O) groups is 1. The van der Waals surface area contributed by atoms with E-state index in [0.717, 1.165) is 5.56 Å². The van der Waals surface area contributed by atoms with Crippen molar-refractivity contribution in [2.45, 2.75) is 20.3 Å². The lowest BCUT2D eigenvalue weighted by atomic mass is 10.1. The summed E-state index contributed by atoms with van der Waals surface area (Å²) in [6.07, 6.45) is 0.158. The smallest absolute Gasteiger partial charge is 0.230 e. The van der Waals surface area contributed by atoms with E-state index in [0.29, 0.717) is 28.7 Å². The fourth-order valence-electron chi connectivity index (χ4n) is 2.34. The van der Waals surface area contributed by atoms with Crippen LogP contribution in [0.4, 0.5) is 11.4 Å². The lowest BCUT2D eigenvalue weighted by molar-refractivity contribution is -0.115. The van der Waals surface area contributed by atoms with Crippen LogP contribution in [0.15, 0.2) is 52.9 Å². The first-order valence-corrected chi connectivity index (χ1v) is 7.70. The summed E-state index contributed by atoms with van der Waals surface area (Å²) in [5, 5.41) is 2.83. The zero-order valence-corrected chi connectivity index (χ0v) is 13.7. The van der Waals surface area contributed by atoms with Gasteiger partial charge >= 0.3 is 0 Å². The molecular formula is C19H19N3O2. The third kappa shape index (κ3) is 3.63. The molecule has 0 saturated carbocycles. The number of benzene rings is 2. The van der Waals surface area contributed by atoms with Gasteiger partial charge in [-0.2, -0.15) is 0 Å². The first kappa shape index (κ1) is 15.8. The lowest BCUT2D eigenvalue weighted by Gasteiger charge is -2.04. The van der Waals surface area contributed by atoms with Crippen molar-refractivity contribution in [3.8, 4) is 11.5 Å². The summed E-state index contributed by atoms with van der Waals surface area (Å²) in [5.41, 5.74) is 9.70. The van der Waals surface area contributed by atoms with Gasteiger partial charge in [-0.25, -0.2) is 4.98 Å². The molecule has 0 fully saturated rings. The lowest BCUT2D eigenvalue weighted by Crippen LogP contribution is -2.15. The molecule has 122 valence electrons. The van der Waals surface area contributed by atoms with Crippen molar-refractivity contribution in [2.75, 3.05) is 11.1 Å². The van der Waals surface area contributed by atoms with Crippen LogP contribution in [0.3, 0.4) is 0 Å². The number of aromatic nitrogens is 1. The molecular weight excluding hydrogens is 302 g/mol. The Labute approximate surface area is 140 Å². The topological polar surface area (TPSA) is 81.2 Å². The number of hydrogen-bond acceptors (Lipinski definition) is 4. The molecule has 1 heterocycles. The van der Waals surface area contributed by atoms with E-state index in [1.165, 1.54) is 5.56 Å². The van der Waals surface area contributed by atoms with E-state index in [4.69, 9.17) is 10.2 Å². The van der Waals surface area contributed by atoms with Gasteiger partial charge in [0.25, 0.3) is 0 Å². The van der Waals surface area contributed by atoms with E-state index >= 15 is 0 Å². The van der Waals surface area contributed by atoms with Gasteiger partial charge in [0, 0.05) is 16.9 Å². The number of nitrogen functional groups attached to an aromatic ring is 1. The Morgan fingerprint density at radius 2 is 1.75 bits per heavy atom. The van der Waals surface area contributed by atoms with Gasteiger partial charge in [-0.3, -0.25) is 4.79 Å². The Bertz CT molecular complexity index is 849. The van der Waals surface area contributed by atoms with Gasteiger partial charge in [0.1, 0.15) is 5.76 Å². The summed E-state index contributed by atoms with van der Waals surface area (Å²) in [5.74, 6) is 1.03. The third-order valence-corrected chi connectivity index (χ3v) is 3.71. The predicted octanol–water partition coefficient (Wildman–Crippen LogP) is 3.72. The van der Waals surface area contributed by atoms with Gasteiger partial charge in [0.05, 0.1) is 12.1 Å². The fourth-order valence-corrected chi connectivity index (χ4v) is 2.34. The van der Waals surface area contributed by atoms with E-state index in [2.05, 4.69) is 10.3 Å². The standard InChI is InChI=1S/C19H19N3O2/c1-12-3-5-14(6-4-12)19-22-17(13(2)24-19)11-18(23)21-16-9-7-15(20)8-10-16/h3-10H,11,20H2,1-2H3,(H,21,23). The van der Waals surface area contributed by atoms with Gasteiger partial charge in [-0.15, -0.1) is 0 Å². The molecule has 0 saturated heterocycles. The molecule has 3 N–H and O–H groups in total. The Morgan fingerprint density at radius 3 is 2.42 bits per heavy atom. The highest BCUT2D eigenvalue weighted by atomic mass is 16.4. The molecule has 0 aliphatic heterocycles. The summed E-state index contributed by atoms with van der Waals surface area (Å²) >= 11 is 0. The third-order valence-electron chi connectivity index (χ3n) is 3.71. The second-order valence-electron chi connectivity index (χ2n) is 5.73. The van der Waals surface area contributed by atoms with Gasteiger partial charge in [0.2, 0.25) is 11.8 Å². The van der Waals surface area contributed by atoms with Crippen LogP contribution in [-0.2, 0) is 11.2 Å². The molecule has 0 atom stereocenters. The van der Waals surface area contributed by atoms with Crippen molar-refractivity contribution in [1.29, 1.82) is 0 Å². The maximum Gasteiger partial charge on any atom is 0.230 e. The molecule has 0 bridgehead atoms. The van der Waals surface area contributed by atoms with Crippen molar-refractivity contribution in [1.82, 2.24) is 4.98 Å². The number of aryl methyl sites for hydroxylation is 2. The minimum atomic E-state index is -0.147. The normalized spacial score (nSPS) is 10.6. The first-order valence-electron chi connectivity index (χ1n) is 7.70. The number of hydrogen-bond donors (Lipinski definition) is 2. The molecule has 1 aromatic heterocycles. The zero-order valence-electron chi connectivity index (χ0n) is 13.7. The average molecular weight is 321 g/mol. The number of nitrogens with two attached hydrogens (primary N) is 1. The van der Waals surface area contributed by atoms with Crippen molar-refractivity contribution in [2.24, 2.45) is 0 Å². The molecule has 3 rings (SSSR count). The summed E-state index contributed by atoms with van der Waals surface area (Å²) in [4.78, 5) is 16.6. The van der Waals surface area contributed by atoms with Crippen LogP contribution >= 0.6 is 0 Å². The molecule has 0 spiro atoms. The van der Waals surface area contributed by atoms with Crippen LogP contribution in [-0.4, -0.2) is 10.9 Å². The number of amides is 1. The molecule has 0 aliphatic rings.